The molecule has 0 aliphatic rings. The molecule has 0 fully saturated rings. The summed E-state index contributed by atoms with van der Waals surface area (Å²) in [5.41, 5.74) is 2.08. The zero-order valence-electron chi connectivity index (χ0n) is 15.6. The van der Waals surface area contributed by atoms with Gasteiger partial charge in [0.05, 0.1) is 31.3 Å². The molecule has 10 nitrogen and oxygen atoms in total. The molecule has 1 amide bonds. The Morgan fingerprint density at radius 3 is 2.34 bits per heavy atom. The molecule has 0 aromatic heterocycles. The third kappa shape index (κ3) is 5.36. The number of ether oxygens (including phenoxy) is 2. The quantitative estimate of drug-likeness (QED) is 0.306. The fourth-order valence-corrected chi connectivity index (χ4v) is 2.51. The first kappa shape index (κ1) is 21.5. The van der Waals surface area contributed by atoms with Gasteiger partial charge >= 0.3 is 11.9 Å². The number of nitro benzene ring substituents is 1. The summed E-state index contributed by atoms with van der Waals surface area (Å²) < 4.78 is 9.27. The molecule has 0 saturated carbocycles. The third-order valence-electron chi connectivity index (χ3n) is 3.92. The number of hydrogen-bond acceptors (Lipinski definition) is 8. The summed E-state index contributed by atoms with van der Waals surface area (Å²) in [4.78, 5) is 52.4. The summed E-state index contributed by atoms with van der Waals surface area (Å²) in [6.07, 6.45) is 0. The van der Waals surface area contributed by atoms with Gasteiger partial charge in [-0.1, -0.05) is 30.3 Å². The van der Waals surface area contributed by atoms with Crippen LogP contribution in [0.3, 0.4) is 0 Å². The molecule has 1 atom stereocenters. The molecular weight excluding hydrogens is 384 g/mol. The van der Waals surface area contributed by atoms with Gasteiger partial charge in [-0.05, 0) is 17.2 Å². The number of nitro groups is 1. The second-order valence-corrected chi connectivity index (χ2v) is 5.72. The number of benzene rings is 2. The molecule has 0 aliphatic carbocycles. The van der Waals surface area contributed by atoms with Crippen LogP contribution in [-0.4, -0.2) is 37.0 Å². The summed E-state index contributed by atoms with van der Waals surface area (Å²) in [6, 6.07) is 12.1. The van der Waals surface area contributed by atoms with E-state index in [0.717, 1.165) is 38.0 Å². The highest BCUT2D eigenvalue weighted by atomic mass is 16.7. The Hall–Kier alpha value is -3.79. The van der Waals surface area contributed by atoms with Crippen LogP contribution in [0.2, 0.25) is 0 Å². The Morgan fingerprint density at radius 2 is 1.76 bits per heavy atom. The lowest BCUT2D eigenvalue weighted by atomic mass is 9.93. The molecule has 1 unspecified atom stereocenters. The fourth-order valence-electron chi connectivity index (χ4n) is 2.51. The van der Waals surface area contributed by atoms with Crippen LogP contribution in [0.1, 0.15) is 27.4 Å². The maximum absolute atomic E-state index is 12.6. The van der Waals surface area contributed by atoms with Gasteiger partial charge in [0.15, 0.2) is 5.92 Å². The molecule has 0 aliphatic heterocycles. The molecular formula is C19H18N2O8. The molecule has 2 rings (SSSR count). The van der Waals surface area contributed by atoms with Gasteiger partial charge in [-0.3, -0.25) is 24.5 Å². The molecule has 0 radical (unpaired) electrons. The smallest absolute Gasteiger partial charge is 0.338 e. The van der Waals surface area contributed by atoms with E-state index >= 15 is 0 Å². The minimum atomic E-state index is -1.61. The largest absolute Gasteiger partial charge is 0.468 e. The van der Waals surface area contributed by atoms with Crippen molar-refractivity contribution in [2.45, 2.75) is 12.5 Å². The Morgan fingerprint density at radius 1 is 1.07 bits per heavy atom. The Balaban J connectivity index is 2.31. The summed E-state index contributed by atoms with van der Waals surface area (Å²) >= 11 is 0. The van der Waals surface area contributed by atoms with Gasteiger partial charge < -0.3 is 9.47 Å². The second kappa shape index (κ2) is 9.95. The van der Waals surface area contributed by atoms with E-state index in [1.807, 2.05) is 6.07 Å². The fraction of sp³-hybridized carbons (Fsp3) is 0.211. The molecule has 2 aromatic rings. The van der Waals surface area contributed by atoms with Crippen molar-refractivity contribution >= 4 is 23.5 Å². The van der Waals surface area contributed by atoms with Crippen LogP contribution in [0.4, 0.5) is 5.69 Å². The van der Waals surface area contributed by atoms with E-state index in [9.17, 15) is 24.5 Å². The third-order valence-corrected chi connectivity index (χ3v) is 3.92. The highest BCUT2D eigenvalue weighted by molar-refractivity contribution is 6.06. The number of carbonyl (C=O) groups excluding carboxylic acids is 3. The summed E-state index contributed by atoms with van der Waals surface area (Å²) in [5.74, 6) is -4.45. The number of esters is 2. The highest BCUT2D eigenvalue weighted by Gasteiger charge is 2.34. The number of non-ortho nitro benzene ring substituents is 1. The molecule has 29 heavy (non-hydrogen) atoms. The van der Waals surface area contributed by atoms with Crippen LogP contribution in [0.15, 0.2) is 48.5 Å². The van der Waals surface area contributed by atoms with Crippen molar-refractivity contribution in [1.82, 2.24) is 5.48 Å². The molecule has 0 spiro atoms. The highest BCUT2D eigenvalue weighted by Crippen LogP contribution is 2.27. The van der Waals surface area contributed by atoms with E-state index in [2.05, 4.69) is 15.0 Å². The first-order valence-electron chi connectivity index (χ1n) is 8.29. The lowest BCUT2D eigenvalue weighted by Gasteiger charge is -2.17. The van der Waals surface area contributed by atoms with Gasteiger partial charge in [-0.15, -0.1) is 0 Å². The normalized spacial score (nSPS) is 11.2. The van der Waals surface area contributed by atoms with E-state index < -0.39 is 34.4 Å². The number of carbonyl (C=O) groups is 3. The van der Waals surface area contributed by atoms with Crippen LogP contribution >= 0.6 is 0 Å². The van der Waals surface area contributed by atoms with Gasteiger partial charge in [-0.2, -0.15) is 0 Å². The average Bonchev–Trinajstić information content (AvgIpc) is 2.74. The lowest BCUT2D eigenvalue weighted by molar-refractivity contribution is -0.384. The van der Waals surface area contributed by atoms with Crippen molar-refractivity contribution < 1.29 is 33.6 Å². The lowest BCUT2D eigenvalue weighted by Crippen LogP contribution is -2.35. The van der Waals surface area contributed by atoms with Crippen LogP contribution in [0.25, 0.3) is 0 Å². The number of hydroxylamine groups is 1. The van der Waals surface area contributed by atoms with Crippen molar-refractivity contribution in [2.24, 2.45) is 0 Å². The van der Waals surface area contributed by atoms with Gasteiger partial charge in [0.2, 0.25) is 0 Å². The topological polar surface area (TPSA) is 134 Å². The van der Waals surface area contributed by atoms with Crippen molar-refractivity contribution in [1.29, 1.82) is 0 Å². The predicted octanol–water partition coefficient (Wildman–Crippen LogP) is 1.89. The summed E-state index contributed by atoms with van der Waals surface area (Å²) in [7, 11) is 2.14. The SMILES string of the molecule is COC(=O)c1cc([N+](=O)[O-])ccc1C(C(=O)NOCc1ccccc1)C(=O)OC. The van der Waals surface area contributed by atoms with Crippen LogP contribution in [0.5, 0.6) is 0 Å². The molecule has 10 heteroatoms. The minimum absolute atomic E-state index is 0.0323. The number of nitrogens with zero attached hydrogens (tertiary/aromatic N) is 1. The number of methoxy groups -OCH3 is 2. The molecule has 2 aromatic carbocycles. The first-order valence-corrected chi connectivity index (χ1v) is 8.29. The van der Waals surface area contributed by atoms with E-state index in [4.69, 9.17) is 4.84 Å². The van der Waals surface area contributed by atoms with E-state index in [1.54, 1.807) is 24.3 Å². The summed E-state index contributed by atoms with van der Waals surface area (Å²) in [5, 5.41) is 11.0. The van der Waals surface area contributed by atoms with Crippen LogP contribution in [-0.2, 0) is 30.5 Å². The van der Waals surface area contributed by atoms with Gasteiger partial charge in [0.1, 0.15) is 0 Å². The Kier molecular flexibility index (Phi) is 7.38. The minimum Gasteiger partial charge on any atom is -0.468 e. The van der Waals surface area contributed by atoms with Crippen molar-refractivity contribution in [3.05, 3.63) is 75.3 Å². The van der Waals surface area contributed by atoms with Gasteiger partial charge in [-0.25, -0.2) is 10.3 Å². The van der Waals surface area contributed by atoms with E-state index in [-0.39, 0.29) is 17.7 Å². The maximum atomic E-state index is 12.6. The van der Waals surface area contributed by atoms with Crippen LogP contribution < -0.4 is 5.48 Å². The molecule has 0 bridgehead atoms. The van der Waals surface area contributed by atoms with E-state index in [0.29, 0.717) is 0 Å². The predicted molar refractivity (Wildman–Crippen MR) is 98.6 cm³/mol. The summed E-state index contributed by atoms with van der Waals surface area (Å²) in [6.45, 7) is 0.0323. The Labute approximate surface area is 165 Å². The first-order chi connectivity index (χ1) is 13.9. The zero-order chi connectivity index (χ0) is 21.4. The number of hydrogen-bond donors (Lipinski definition) is 1. The van der Waals surface area contributed by atoms with Crippen molar-refractivity contribution in [3.63, 3.8) is 0 Å². The van der Waals surface area contributed by atoms with Crippen molar-refractivity contribution in [3.8, 4) is 0 Å². The van der Waals surface area contributed by atoms with E-state index in [1.165, 1.54) is 0 Å². The number of amides is 1. The van der Waals surface area contributed by atoms with Crippen molar-refractivity contribution in [2.75, 3.05) is 14.2 Å². The van der Waals surface area contributed by atoms with Gasteiger partial charge in [0, 0.05) is 12.1 Å². The zero-order valence-corrected chi connectivity index (χ0v) is 15.6. The van der Waals surface area contributed by atoms with Gasteiger partial charge in [0.25, 0.3) is 11.6 Å². The monoisotopic (exact) mass is 402 g/mol. The average molecular weight is 402 g/mol. The number of rotatable bonds is 8. The number of nitrogens with one attached hydrogen (secondary N) is 1. The molecule has 1 N–H and O–H groups in total. The molecule has 152 valence electrons. The van der Waals surface area contributed by atoms with Crippen LogP contribution in [0, 0.1) is 10.1 Å². The standard InChI is InChI=1S/C19H18N2O8/c1-27-18(23)15-10-13(21(25)26)8-9-14(15)16(19(24)28-2)17(22)20-29-11-12-6-4-3-5-7-12/h3-10,16H,11H2,1-2H3,(H,20,22). The Bertz CT molecular complexity index is 914. The molecule has 0 heterocycles. The maximum Gasteiger partial charge on any atom is 0.338 e. The second-order valence-electron chi connectivity index (χ2n) is 5.72. The molecule has 0 saturated heterocycles.